The minimum atomic E-state index is -2.37. The maximum Gasteiger partial charge on any atom is 0.196 e. The summed E-state index contributed by atoms with van der Waals surface area (Å²) in [5, 5.41) is 20.3. The highest BCUT2D eigenvalue weighted by molar-refractivity contribution is 5.39. The number of hydrogen-bond donors (Lipinski definition) is 2. The van der Waals surface area contributed by atoms with Crippen LogP contribution >= 0.6 is 0 Å². The van der Waals surface area contributed by atoms with Crippen molar-refractivity contribution in [1.29, 1.82) is 0 Å². The summed E-state index contributed by atoms with van der Waals surface area (Å²) in [6.45, 7) is 4.08. The Balaban J connectivity index is 2.38. The Morgan fingerprint density at radius 1 is 1.24 bits per heavy atom. The number of aliphatic hydroxyl groups is 2. The minimum Gasteiger partial charge on any atom is -0.487 e. The van der Waals surface area contributed by atoms with E-state index in [0.717, 1.165) is 6.07 Å². The molecule has 21 heavy (non-hydrogen) atoms. The first-order chi connectivity index (χ1) is 9.82. The smallest absolute Gasteiger partial charge is 0.196 e. The highest BCUT2D eigenvalue weighted by Gasteiger charge is 2.36. The number of hydrogen-bond acceptors (Lipinski definition) is 4. The average molecular weight is 302 g/mol. The summed E-state index contributed by atoms with van der Waals surface area (Å²) in [6, 6.07) is 1.58. The monoisotopic (exact) mass is 302 g/mol. The molecule has 0 bridgehead atoms. The van der Waals surface area contributed by atoms with Gasteiger partial charge in [0.25, 0.3) is 0 Å². The molecule has 2 rings (SSSR count). The third-order valence-corrected chi connectivity index (χ3v) is 3.66. The summed E-state index contributed by atoms with van der Waals surface area (Å²) in [4.78, 5) is 0. The fourth-order valence-electron chi connectivity index (χ4n) is 2.22. The predicted octanol–water partition coefficient (Wildman–Crippen LogP) is 2.32. The zero-order valence-electron chi connectivity index (χ0n) is 12.1. The van der Waals surface area contributed by atoms with Crippen molar-refractivity contribution < 1.29 is 28.5 Å². The second kappa shape index (κ2) is 6.25. The SMILES string of the molecule is CC(C)C(O)(O)c1cc(F)cc(F)c1OC1CCOCC1. The number of halogens is 2. The molecule has 0 saturated carbocycles. The molecule has 1 aromatic rings. The van der Waals surface area contributed by atoms with Gasteiger partial charge in [0.2, 0.25) is 0 Å². The first-order valence-corrected chi connectivity index (χ1v) is 7.01. The minimum absolute atomic E-state index is 0.290. The number of ether oxygens (including phenoxy) is 2. The van der Waals surface area contributed by atoms with Crippen molar-refractivity contribution in [3.63, 3.8) is 0 Å². The van der Waals surface area contributed by atoms with Crippen LogP contribution in [0.1, 0.15) is 32.3 Å². The maximum atomic E-state index is 14.0. The van der Waals surface area contributed by atoms with Gasteiger partial charge < -0.3 is 19.7 Å². The highest BCUT2D eigenvalue weighted by Crippen LogP contribution is 2.37. The Bertz CT molecular complexity index is 497. The molecule has 1 aliphatic rings. The van der Waals surface area contributed by atoms with E-state index in [-0.39, 0.29) is 17.4 Å². The molecule has 0 atom stereocenters. The Morgan fingerprint density at radius 3 is 2.43 bits per heavy atom. The molecule has 1 aliphatic heterocycles. The summed E-state index contributed by atoms with van der Waals surface area (Å²) < 4.78 is 38.2. The summed E-state index contributed by atoms with van der Waals surface area (Å²) in [5.74, 6) is -5.15. The van der Waals surface area contributed by atoms with Crippen LogP contribution in [0.4, 0.5) is 8.78 Å². The second-order valence-corrected chi connectivity index (χ2v) is 5.57. The summed E-state index contributed by atoms with van der Waals surface area (Å²) in [7, 11) is 0. The van der Waals surface area contributed by atoms with E-state index in [0.29, 0.717) is 32.1 Å². The molecule has 1 saturated heterocycles. The van der Waals surface area contributed by atoms with Gasteiger partial charge >= 0.3 is 0 Å². The third kappa shape index (κ3) is 3.51. The van der Waals surface area contributed by atoms with Gasteiger partial charge in [-0.05, 0) is 6.07 Å². The van der Waals surface area contributed by atoms with E-state index in [1.54, 1.807) is 13.8 Å². The van der Waals surface area contributed by atoms with E-state index in [1.807, 2.05) is 0 Å². The molecule has 0 aliphatic carbocycles. The lowest BCUT2D eigenvalue weighted by Crippen LogP contribution is -2.34. The van der Waals surface area contributed by atoms with E-state index >= 15 is 0 Å². The van der Waals surface area contributed by atoms with Crippen molar-refractivity contribution >= 4 is 0 Å². The van der Waals surface area contributed by atoms with Gasteiger partial charge in [-0.25, -0.2) is 8.78 Å². The van der Waals surface area contributed by atoms with Crippen molar-refractivity contribution in [3.05, 3.63) is 29.3 Å². The number of rotatable bonds is 4. The van der Waals surface area contributed by atoms with Crippen molar-refractivity contribution in [1.82, 2.24) is 0 Å². The summed E-state index contributed by atoms with van der Waals surface area (Å²) in [6.07, 6.45) is 0.851. The molecule has 4 nitrogen and oxygen atoms in total. The molecule has 0 aromatic heterocycles. The Hall–Kier alpha value is -1.24. The van der Waals surface area contributed by atoms with Crippen LogP contribution in [0.3, 0.4) is 0 Å². The zero-order valence-corrected chi connectivity index (χ0v) is 12.1. The fraction of sp³-hybridized carbons (Fsp3) is 0.600. The molecule has 1 fully saturated rings. The van der Waals surface area contributed by atoms with Gasteiger partial charge in [-0.15, -0.1) is 0 Å². The van der Waals surface area contributed by atoms with Gasteiger partial charge in [0, 0.05) is 24.8 Å². The van der Waals surface area contributed by atoms with Crippen LogP contribution in [0, 0.1) is 17.6 Å². The molecule has 2 N–H and O–H groups in total. The van der Waals surface area contributed by atoms with Crippen molar-refractivity contribution in [2.75, 3.05) is 13.2 Å². The van der Waals surface area contributed by atoms with Gasteiger partial charge in [0.15, 0.2) is 17.4 Å². The van der Waals surface area contributed by atoms with E-state index in [9.17, 15) is 19.0 Å². The Kier molecular flexibility index (Phi) is 4.81. The molecule has 0 unspecified atom stereocenters. The topological polar surface area (TPSA) is 58.9 Å². The van der Waals surface area contributed by atoms with Crippen LogP contribution in [0.25, 0.3) is 0 Å². The highest BCUT2D eigenvalue weighted by atomic mass is 19.1. The lowest BCUT2D eigenvalue weighted by Gasteiger charge is -2.31. The third-order valence-electron chi connectivity index (χ3n) is 3.66. The molecule has 118 valence electrons. The largest absolute Gasteiger partial charge is 0.487 e. The van der Waals surface area contributed by atoms with Crippen LogP contribution in [0.2, 0.25) is 0 Å². The van der Waals surface area contributed by atoms with Crippen molar-refractivity contribution in [2.24, 2.45) is 5.92 Å². The van der Waals surface area contributed by atoms with Crippen LogP contribution in [0.15, 0.2) is 12.1 Å². The molecular formula is C15H20F2O4. The zero-order chi connectivity index (χ0) is 15.6. The fourth-order valence-corrected chi connectivity index (χ4v) is 2.22. The van der Waals surface area contributed by atoms with Gasteiger partial charge in [-0.2, -0.15) is 0 Å². The molecule has 0 amide bonds. The Labute approximate surface area is 122 Å². The lowest BCUT2D eigenvalue weighted by atomic mass is 9.93. The first kappa shape index (κ1) is 16.1. The molecular weight excluding hydrogens is 282 g/mol. The molecule has 0 spiro atoms. The molecule has 1 heterocycles. The van der Waals surface area contributed by atoms with Crippen molar-refractivity contribution in [3.8, 4) is 5.75 Å². The maximum absolute atomic E-state index is 14.0. The molecule has 6 heteroatoms. The van der Waals surface area contributed by atoms with E-state index < -0.39 is 23.3 Å². The lowest BCUT2D eigenvalue weighted by molar-refractivity contribution is -0.203. The van der Waals surface area contributed by atoms with Gasteiger partial charge in [0.1, 0.15) is 11.9 Å². The second-order valence-electron chi connectivity index (χ2n) is 5.57. The first-order valence-electron chi connectivity index (χ1n) is 7.01. The van der Waals surface area contributed by atoms with Crippen LogP contribution in [0.5, 0.6) is 5.75 Å². The van der Waals surface area contributed by atoms with E-state index in [1.165, 1.54) is 0 Å². The summed E-state index contributed by atoms with van der Waals surface area (Å²) >= 11 is 0. The quantitative estimate of drug-likeness (QED) is 0.838. The van der Waals surface area contributed by atoms with Gasteiger partial charge in [-0.1, -0.05) is 13.8 Å². The standard InChI is InChI=1S/C15H20F2O4/c1-9(2)15(18,19)12-7-10(16)8-13(17)14(12)21-11-3-5-20-6-4-11/h7-9,11,18-19H,3-6H2,1-2H3. The van der Waals surface area contributed by atoms with Crippen LogP contribution in [-0.2, 0) is 10.5 Å². The average Bonchev–Trinajstić information content (AvgIpc) is 2.42. The van der Waals surface area contributed by atoms with Gasteiger partial charge in [-0.3, -0.25) is 0 Å². The Morgan fingerprint density at radius 2 is 1.86 bits per heavy atom. The van der Waals surface area contributed by atoms with E-state index in [2.05, 4.69) is 0 Å². The molecule has 0 radical (unpaired) electrons. The van der Waals surface area contributed by atoms with Crippen LogP contribution < -0.4 is 4.74 Å². The van der Waals surface area contributed by atoms with Crippen molar-refractivity contribution in [2.45, 2.75) is 38.6 Å². The van der Waals surface area contributed by atoms with Crippen LogP contribution in [-0.4, -0.2) is 29.5 Å². The van der Waals surface area contributed by atoms with Gasteiger partial charge in [0.05, 0.1) is 18.8 Å². The predicted molar refractivity (Wildman–Crippen MR) is 71.8 cm³/mol. The normalized spacial score (nSPS) is 17.3. The molecule has 1 aromatic carbocycles. The van der Waals surface area contributed by atoms with E-state index in [4.69, 9.17) is 9.47 Å². The number of benzene rings is 1. The summed E-state index contributed by atoms with van der Waals surface area (Å²) in [5.41, 5.74) is -0.290.